The van der Waals surface area contributed by atoms with E-state index in [4.69, 9.17) is 0 Å². The summed E-state index contributed by atoms with van der Waals surface area (Å²) in [6.45, 7) is 0.998. The van der Waals surface area contributed by atoms with E-state index in [1.807, 2.05) is 0 Å². The van der Waals surface area contributed by atoms with Crippen LogP contribution >= 0.6 is 0 Å². The van der Waals surface area contributed by atoms with E-state index in [1.54, 1.807) is 6.07 Å². The van der Waals surface area contributed by atoms with E-state index in [0.29, 0.717) is 6.04 Å². The molecule has 1 fully saturated rings. The first-order valence-electron chi connectivity index (χ1n) is 3.83. The van der Waals surface area contributed by atoms with Gasteiger partial charge in [-0.1, -0.05) is 0 Å². The summed E-state index contributed by atoms with van der Waals surface area (Å²) < 4.78 is 0. The zero-order valence-corrected chi connectivity index (χ0v) is 6.41. The molecule has 1 aliphatic rings. The van der Waals surface area contributed by atoms with Crippen LogP contribution < -0.4 is 5.32 Å². The SMILES string of the molecule is O=[N+]([O-])c1c[nH]c([C@H]2CCN2)c1. The van der Waals surface area contributed by atoms with Gasteiger partial charge in [0.1, 0.15) is 0 Å². The van der Waals surface area contributed by atoms with Gasteiger partial charge in [-0.15, -0.1) is 0 Å². The highest BCUT2D eigenvalue weighted by atomic mass is 16.6. The van der Waals surface area contributed by atoms with Gasteiger partial charge in [0.2, 0.25) is 0 Å². The molecule has 1 aromatic heterocycles. The molecule has 0 saturated carbocycles. The monoisotopic (exact) mass is 167 g/mol. The zero-order valence-electron chi connectivity index (χ0n) is 6.41. The Hall–Kier alpha value is -1.36. The Bertz CT molecular complexity index is 303. The Morgan fingerprint density at radius 3 is 2.83 bits per heavy atom. The molecule has 2 N–H and O–H groups in total. The lowest BCUT2D eigenvalue weighted by atomic mass is 10.0. The van der Waals surface area contributed by atoms with Crippen LogP contribution in [0.2, 0.25) is 0 Å². The van der Waals surface area contributed by atoms with Crippen LogP contribution in [0.3, 0.4) is 0 Å². The molecule has 1 saturated heterocycles. The fourth-order valence-electron chi connectivity index (χ4n) is 1.26. The van der Waals surface area contributed by atoms with Gasteiger partial charge in [-0.3, -0.25) is 10.1 Å². The van der Waals surface area contributed by atoms with Gasteiger partial charge in [-0.2, -0.15) is 0 Å². The Kier molecular flexibility index (Phi) is 1.58. The van der Waals surface area contributed by atoms with Crippen molar-refractivity contribution in [1.29, 1.82) is 0 Å². The topological polar surface area (TPSA) is 71.0 Å². The number of nitrogens with zero attached hydrogens (tertiary/aromatic N) is 1. The van der Waals surface area contributed by atoms with E-state index < -0.39 is 4.92 Å². The van der Waals surface area contributed by atoms with Gasteiger partial charge < -0.3 is 10.3 Å². The third-order valence-corrected chi connectivity index (χ3v) is 2.10. The summed E-state index contributed by atoms with van der Waals surface area (Å²) in [5, 5.41) is 13.5. The predicted molar refractivity (Wildman–Crippen MR) is 42.8 cm³/mol. The van der Waals surface area contributed by atoms with Crippen molar-refractivity contribution in [3.8, 4) is 0 Å². The second-order valence-corrected chi connectivity index (χ2v) is 2.87. The van der Waals surface area contributed by atoms with Crippen LogP contribution in [-0.4, -0.2) is 16.5 Å². The van der Waals surface area contributed by atoms with Gasteiger partial charge in [-0.25, -0.2) is 0 Å². The molecule has 0 unspecified atom stereocenters. The van der Waals surface area contributed by atoms with Gasteiger partial charge in [0.15, 0.2) is 0 Å². The Balaban J connectivity index is 2.17. The Labute approximate surface area is 68.9 Å². The number of aromatic amines is 1. The van der Waals surface area contributed by atoms with Crippen molar-refractivity contribution in [1.82, 2.24) is 10.3 Å². The Morgan fingerprint density at radius 1 is 1.67 bits per heavy atom. The van der Waals surface area contributed by atoms with Crippen LogP contribution in [0.15, 0.2) is 12.3 Å². The maximum absolute atomic E-state index is 10.3. The average Bonchev–Trinajstić information content (AvgIpc) is 2.32. The Morgan fingerprint density at radius 2 is 2.42 bits per heavy atom. The van der Waals surface area contributed by atoms with Crippen molar-refractivity contribution in [3.63, 3.8) is 0 Å². The maximum atomic E-state index is 10.3. The number of aromatic nitrogens is 1. The van der Waals surface area contributed by atoms with Gasteiger partial charge in [-0.05, 0) is 13.0 Å². The zero-order chi connectivity index (χ0) is 8.55. The molecule has 5 heteroatoms. The smallest absolute Gasteiger partial charge is 0.287 e. The van der Waals surface area contributed by atoms with E-state index >= 15 is 0 Å². The molecule has 1 atom stereocenters. The minimum atomic E-state index is -0.390. The quantitative estimate of drug-likeness (QED) is 0.509. The second-order valence-electron chi connectivity index (χ2n) is 2.87. The van der Waals surface area contributed by atoms with Crippen molar-refractivity contribution in [2.45, 2.75) is 12.5 Å². The van der Waals surface area contributed by atoms with E-state index in [-0.39, 0.29) is 5.69 Å². The van der Waals surface area contributed by atoms with Crippen molar-refractivity contribution in [3.05, 3.63) is 28.1 Å². The summed E-state index contributed by atoms with van der Waals surface area (Å²) >= 11 is 0. The third kappa shape index (κ3) is 1.08. The number of hydrogen-bond donors (Lipinski definition) is 2. The lowest BCUT2D eigenvalue weighted by molar-refractivity contribution is -0.384. The first-order chi connectivity index (χ1) is 5.77. The van der Waals surface area contributed by atoms with Crippen LogP contribution in [0.5, 0.6) is 0 Å². The van der Waals surface area contributed by atoms with Crippen molar-refractivity contribution in [2.75, 3.05) is 6.54 Å². The molecule has 64 valence electrons. The summed E-state index contributed by atoms with van der Waals surface area (Å²) in [5.41, 5.74) is 1.05. The normalized spacial score (nSPS) is 21.8. The molecule has 0 aliphatic carbocycles. The fourth-order valence-corrected chi connectivity index (χ4v) is 1.26. The summed E-state index contributed by atoms with van der Waals surface area (Å²) in [6.07, 6.45) is 2.48. The molecule has 1 aliphatic heterocycles. The van der Waals surface area contributed by atoms with Crippen molar-refractivity contribution < 1.29 is 4.92 Å². The molecule has 0 bridgehead atoms. The number of nitrogens with one attached hydrogen (secondary N) is 2. The van der Waals surface area contributed by atoms with Gasteiger partial charge >= 0.3 is 0 Å². The van der Waals surface area contributed by atoms with Crippen molar-refractivity contribution >= 4 is 5.69 Å². The third-order valence-electron chi connectivity index (χ3n) is 2.10. The molecular formula is C7H9N3O2. The predicted octanol–water partition coefficient (Wildman–Crippen LogP) is 0.957. The number of nitro groups is 1. The minimum absolute atomic E-state index is 0.138. The first-order valence-corrected chi connectivity index (χ1v) is 3.83. The van der Waals surface area contributed by atoms with Crippen LogP contribution in [0.25, 0.3) is 0 Å². The lowest BCUT2D eigenvalue weighted by Crippen LogP contribution is -2.35. The number of H-pyrrole nitrogens is 1. The van der Waals surface area contributed by atoms with Crippen LogP contribution in [0.4, 0.5) is 5.69 Å². The molecule has 2 heterocycles. The summed E-state index contributed by atoms with van der Waals surface area (Å²) in [5.74, 6) is 0. The fraction of sp³-hybridized carbons (Fsp3) is 0.429. The second kappa shape index (κ2) is 2.60. The molecule has 0 radical (unpaired) electrons. The standard InChI is InChI=1S/C7H9N3O2/c11-10(12)5-3-7(9-4-5)6-1-2-8-6/h3-4,6,8-9H,1-2H2/t6-/m1/s1. The molecular weight excluding hydrogens is 158 g/mol. The van der Waals surface area contributed by atoms with E-state index in [0.717, 1.165) is 18.7 Å². The summed E-state index contributed by atoms with van der Waals surface area (Å²) in [6, 6.07) is 1.87. The largest absolute Gasteiger partial charge is 0.358 e. The number of rotatable bonds is 2. The average molecular weight is 167 g/mol. The molecule has 0 aromatic carbocycles. The van der Waals surface area contributed by atoms with E-state index in [1.165, 1.54) is 6.20 Å². The highest BCUT2D eigenvalue weighted by Crippen LogP contribution is 2.24. The molecule has 12 heavy (non-hydrogen) atoms. The van der Waals surface area contributed by atoms with Crippen LogP contribution in [0, 0.1) is 10.1 Å². The maximum Gasteiger partial charge on any atom is 0.287 e. The molecule has 2 rings (SSSR count). The van der Waals surface area contributed by atoms with Crippen molar-refractivity contribution in [2.24, 2.45) is 0 Å². The van der Waals surface area contributed by atoms with Gasteiger partial charge in [0.25, 0.3) is 5.69 Å². The van der Waals surface area contributed by atoms with Crippen LogP contribution in [0.1, 0.15) is 18.2 Å². The minimum Gasteiger partial charge on any atom is -0.358 e. The van der Waals surface area contributed by atoms with Crippen LogP contribution in [-0.2, 0) is 0 Å². The lowest BCUT2D eigenvalue weighted by Gasteiger charge is -2.26. The first kappa shape index (κ1) is 7.30. The van der Waals surface area contributed by atoms with Gasteiger partial charge in [0, 0.05) is 17.8 Å². The number of hydrogen-bond acceptors (Lipinski definition) is 3. The molecule has 0 amide bonds. The van der Waals surface area contributed by atoms with E-state index in [9.17, 15) is 10.1 Å². The summed E-state index contributed by atoms with van der Waals surface area (Å²) in [4.78, 5) is 12.8. The van der Waals surface area contributed by atoms with Gasteiger partial charge in [0.05, 0.1) is 11.1 Å². The summed E-state index contributed by atoms with van der Waals surface area (Å²) in [7, 11) is 0. The molecule has 5 nitrogen and oxygen atoms in total. The highest BCUT2D eigenvalue weighted by Gasteiger charge is 2.21. The van der Waals surface area contributed by atoms with E-state index in [2.05, 4.69) is 10.3 Å². The molecule has 1 aromatic rings. The molecule has 0 spiro atoms. The highest BCUT2D eigenvalue weighted by molar-refractivity contribution is 5.32.